The fourth-order valence-corrected chi connectivity index (χ4v) is 4.37. The lowest BCUT2D eigenvalue weighted by atomic mass is 9.78. The van der Waals surface area contributed by atoms with Crippen molar-refractivity contribution in [3.05, 3.63) is 59.9 Å². The van der Waals surface area contributed by atoms with Crippen LogP contribution in [0.25, 0.3) is 0 Å². The second kappa shape index (κ2) is 7.62. The van der Waals surface area contributed by atoms with Crippen molar-refractivity contribution >= 4 is 11.8 Å². The molecule has 1 spiro atoms. The van der Waals surface area contributed by atoms with E-state index in [1.807, 2.05) is 35.2 Å². The highest BCUT2D eigenvalue weighted by Gasteiger charge is 2.49. The van der Waals surface area contributed by atoms with Crippen LogP contribution >= 0.6 is 0 Å². The van der Waals surface area contributed by atoms with E-state index in [2.05, 4.69) is 4.98 Å². The Kier molecular flexibility index (Phi) is 5.03. The van der Waals surface area contributed by atoms with Crippen LogP contribution < -0.4 is 4.74 Å². The van der Waals surface area contributed by atoms with Crippen LogP contribution in [0.1, 0.15) is 35.3 Å². The number of carbonyl (C=O) groups is 2. The molecule has 3 heterocycles. The van der Waals surface area contributed by atoms with E-state index < -0.39 is 5.41 Å². The molecule has 2 saturated heterocycles. The summed E-state index contributed by atoms with van der Waals surface area (Å²) in [4.78, 5) is 34.0. The molecular formula is C22H25N3O3. The van der Waals surface area contributed by atoms with Gasteiger partial charge in [0.05, 0.1) is 12.5 Å². The fourth-order valence-electron chi connectivity index (χ4n) is 4.37. The summed E-state index contributed by atoms with van der Waals surface area (Å²) in [5.74, 6) is 0.873. The lowest BCUT2D eigenvalue weighted by Crippen LogP contribution is -2.50. The van der Waals surface area contributed by atoms with Crippen molar-refractivity contribution in [1.29, 1.82) is 0 Å². The van der Waals surface area contributed by atoms with Crippen molar-refractivity contribution in [2.24, 2.45) is 5.41 Å². The van der Waals surface area contributed by atoms with Crippen molar-refractivity contribution in [3.63, 3.8) is 0 Å². The van der Waals surface area contributed by atoms with E-state index in [1.165, 1.54) is 0 Å². The zero-order chi connectivity index (χ0) is 19.6. The molecule has 2 amide bonds. The molecule has 6 heteroatoms. The van der Waals surface area contributed by atoms with E-state index in [0.717, 1.165) is 37.1 Å². The number of nitrogens with zero attached hydrogens (tertiary/aromatic N) is 3. The molecule has 146 valence electrons. The molecule has 0 aliphatic carbocycles. The quantitative estimate of drug-likeness (QED) is 0.820. The molecule has 0 N–H and O–H groups in total. The van der Waals surface area contributed by atoms with Gasteiger partial charge in [-0.05, 0) is 49.1 Å². The minimum Gasteiger partial charge on any atom is -0.497 e. The van der Waals surface area contributed by atoms with Crippen molar-refractivity contribution in [2.45, 2.75) is 25.8 Å². The molecule has 6 nitrogen and oxygen atoms in total. The van der Waals surface area contributed by atoms with Gasteiger partial charge >= 0.3 is 0 Å². The number of hydrogen-bond donors (Lipinski definition) is 0. The zero-order valence-electron chi connectivity index (χ0n) is 16.1. The smallest absolute Gasteiger partial charge is 0.272 e. The third kappa shape index (κ3) is 3.46. The average molecular weight is 379 g/mol. The number of benzene rings is 1. The highest BCUT2D eigenvalue weighted by atomic mass is 16.5. The monoisotopic (exact) mass is 379 g/mol. The number of rotatable bonds is 4. The van der Waals surface area contributed by atoms with Gasteiger partial charge in [0.2, 0.25) is 5.91 Å². The van der Waals surface area contributed by atoms with Gasteiger partial charge in [-0.1, -0.05) is 18.2 Å². The average Bonchev–Trinajstić information content (AvgIpc) is 3.17. The van der Waals surface area contributed by atoms with Crippen LogP contribution in [-0.2, 0) is 11.3 Å². The minimum atomic E-state index is -0.457. The van der Waals surface area contributed by atoms with Crippen LogP contribution in [0.4, 0.5) is 0 Å². The molecule has 1 aromatic carbocycles. The normalized spacial score (nSPS) is 22.0. The van der Waals surface area contributed by atoms with Crippen molar-refractivity contribution < 1.29 is 14.3 Å². The summed E-state index contributed by atoms with van der Waals surface area (Å²) in [5, 5.41) is 0. The van der Waals surface area contributed by atoms with Gasteiger partial charge < -0.3 is 14.5 Å². The Balaban J connectivity index is 1.47. The summed E-state index contributed by atoms with van der Waals surface area (Å²) < 4.78 is 5.29. The molecule has 2 aliphatic heterocycles. The number of hydrogen-bond acceptors (Lipinski definition) is 4. The molecule has 4 rings (SSSR count). The van der Waals surface area contributed by atoms with Crippen LogP contribution in [0.3, 0.4) is 0 Å². The highest BCUT2D eigenvalue weighted by molar-refractivity contribution is 5.93. The van der Waals surface area contributed by atoms with E-state index in [4.69, 9.17) is 4.74 Å². The molecular weight excluding hydrogens is 354 g/mol. The van der Waals surface area contributed by atoms with Gasteiger partial charge in [-0.2, -0.15) is 0 Å². The number of ether oxygens (including phenoxy) is 1. The van der Waals surface area contributed by atoms with Crippen LogP contribution in [0.15, 0.2) is 48.7 Å². The van der Waals surface area contributed by atoms with Gasteiger partial charge in [0, 0.05) is 32.4 Å². The number of aromatic nitrogens is 1. The Morgan fingerprint density at radius 1 is 1.18 bits per heavy atom. The first-order chi connectivity index (χ1) is 13.6. The maximum Gasteiger partial charge on any atom is 0.272 e. The molecule has 1 atom stereocenters. The Labute approximate surface area is 165 Å². The summed E-state index contributed by atoms with van der Waals surface area (Å²) in [6, 6.07) is 13.2. The predicted octanol–water partition coefficient (Wildman–Crippen LogP) is 2.75. The minimum absolute atomic E-state index is 0.0878. The topological polar surface area (TPSA) is 62.7 Å². The van der Waals surface area contributed by atoms with Gasteiger partial charge in [-0.15, -0.1) is 0 Å². The maximum atomic E-state index is 13.4. The molecule has 1 aromatic heterocycles. The number of pyridine rings is 1. The number of carbonyl (C=O) groups excluding carboxylic acids is 2. The van der Waals surface area contributed by atoms with Crippen molar-refractivity contribution in [1.82, 2.24) is 14.8 Å². The zero-order valence-corrected chi connectivity index (χ0v) is 16.1. The second-order valence-electron chi connectivity index (χ2n) is 7.65. The molecule has 0 bridgehead atoms. The third-order valence-electron chi connectivity index (χ3n) is 5.86. The van der Waals surface area contributed by atoms with Gasteiger partial charge in [0.25, 0.3) is 5.91 Å². The summed E-state index contributed by atoms with van der Waals surface area (Å²) in [6.45, 7) is 2.42. The Hall–Kier alpha value is -2.89. The van der Waals surface area contributed by atoms with E-state index in [0.29, 0.717) is 25.3 Å². The van der Waals surface area contributed by atoms with Crippen molar-refractivity contribution in [2.75, 3.05) is 26.7 Å². The number of piperidine rings is 1. The second-order valence-corrected chi connectivity index (χ2v) is 7.65. The Bertz CT molecular complexity index is 870. The maximum absolute atomic E-state index is 13.4. The molecule has 2 aromatic rings. The lowest BCUT2D eigenvalue weighted by molar-refractivity contribution is -0.146. The summed E-state index contributed by atoms with van der Waals surface area (Å²) in [6.07, 6.45) is 4.15. The van der Waals surface area contributed by atoms with Crippen LogP contribution in [0.2, 0.25) is 0 Å². The van der Waals surface area contributed by atoms with E-state index >= 15 is 0 Å². The molecule has 1 unspecified atom stereocenters. The lowest BCUT2D eigenvalue weighted by Gasteiger charge is -2.39. The first-order valence-corrected chi connectivity index (χ1v) is 9.74. The molecule has 28 heavy (non-hydrogen) atoms. The first kappa shape index (κ1) is 18.5. The Morgan fingerprint density at radius 3 is 2.86 bits per heavy atom. The van der Waals surface area contributed by atoms with Gasteiger partial charge in [-0.25, -0.2) is 0 Å². The molecule has 2 aliphatic rings. The number of methoxy groups -OCH3 is 1. The predicted molar refractivity (Wildman–Crippen MR) is 105 cm³/mol. The SMILES string of the molecule is COc1cccc(CN2CCCC3(CCN(C(=O)c4ccccn4)C3)C2=O)c1. The van der Waals surface area contributed by atoms with Crippen LogP contribution in [0, 0.1) is 5.41 Å². The molecule has 0 saturated carbocycles. The summed E-state index contributed by atoms with van der Waals surface area (Å²) >= 11 is 0. The van der Waals surface area contributed by atoms with Crippen LogP contribution in [-0.4, -0.2) is 53.3 Å². The fraction of sp³-hybridized carbons (Fsp3) is 0.409. The molecule has 2 fully saturated rings. The molecule has 0 radical (unpaired) electrons. The number of amides is 2. The third-order valence-corrected chi connectivity index (χ3v) is 5.86. The van der Waals surface area contributed by atoms with E-state index in [-0.39, 0.29) is 11.8 Å². The van der Waals surface area contributed by atoms with Gasteiger partial charge in [-0.3, -0.25) is 14.6 Å². The van der Waals surface area contributed by atoms with Gasteiger partial charge in [0.15, 0.2) is 0 Å². The summed E-state index contributed by atoms with van der Waals surface area (Å²) in [7, 11) is 1.64. The van der Waals surface area contributed by atoms with Crippen molar-refractivity contribution in [3.8, 4) is 5.75 Å². The van der Waals surface area contributed by atoms with Gasteiger partial charge in [0.1, 0.15) is 11.4 Å². The van der Waals surface area contributed by atoms with Crippen LogP contribution in [0.5, 0.6) is 5.75 Å². The summed E-state index contributed by atoms with van der Waals surface area (Å²) in [5.41, 5.74) is 1.04. The first-order valence-electron chi connectivity index (χ1n) is 9.74. The standard InChI is InChI=1S/C22H25N3O3/c1-28-18-7-4-6-17(14-18)15-24-12-5-9-22(21(24)27)10-13-25(16-22)20(26)19-8-2-3-11-23-19/h2-4,6-8,11,14H,5,9-10,12-13,15-16H2,1H3. The largest absolute Gasteiger partial charge is 0.497 e. The van der Waals surface area contributed by atoms with E-state index in [9.17, 15) is 9.59 Å². The highest BCUT2D eigenvalue weighted by Crippen LogP contribution is 2.41. The van der Waals surface area contributed by atoms with E-state index in [1.54, 1.807) is 30.3 Å². The Morgan fingerprint density at radius 2 is 2.07 bits per heavy atom. The number of likely N-dealkylation sites (tertiary alicyclic amines) is 2.